The Hall–Kier alpha value is -3.68. The Balaban J connectivity index is 1.46. The molecule has 1 aliphatic rings. The van der Waals surface area contributed by atoms with Crippen molar-refractivity contribution in [1.82, 2.24) is 0 Å². The summed E-state index contributed by atoms with van der Waals surface area (Å²) < 4.78 is 5.07. The standard InChI is InChI=1S/C24H16Cl2N2O5/c1-13-10-15(25)7-9-19(13)27-21(29)12-33-24(32)14-6-8-16-17(11-14)23(31)28(22(16)30)20-5-3-2-4-18(20)26/h2-11H,12H2,1H3,(H,27,29). The Kier molecular flexibility index (Phi) is 6.18. The van der Waals surface area contributed by atoms with Gasteiger partial charge in [0.2, 0.25) is 0 Å². The number of ether oxygens (including phenoxy) is 1. The topological polar surface area (TPSA) is 92.8 Å². The van der Waals surface area contributed by atoms with Crippen molar-refractivity contribution >= 4 is 58.3 Å². The summed E-state index contributed by atoms with van der Waals surface area (Å²) in [5.41, 5.74) is 1.78. The average Bonchev–Trinajstić information content (AvgIpc) is 3.04. The van der Waals surface area contributed by atoms with E-state index in [2.05, 4.69) is 5.32 Å². The Morgan fingerprint density at radius 1 is 0.939 bits per heavy atom. The number of anilines is 2. The van der Waals surface area contributed by atoms with Crippen LogP contribution >= 0.6 is 23.2 Å². The highest BCUT2D eigenvalue weighted by Crippen LogP contribution is 2.33. The van der Waals surface area contributed by atoms with E-state index >= 15 is 0 Å². The molecule has 1 aliphatic heterocycles. The van der Waals surface area contributed by atoms with Gasteiger partial charge in [-0.1, -0.05) is 35.3 Å². The average molecular weight is 483 g/mol. The third-order valence-corrected chi connectivity index (χ3v) is 5.57. The van der Waals surface area contributed by atoms with E-state index in [9.17, 15) is 19.2 Å². The summed E-state index contributed by atoms with van der Waals surface area (Å²) >= 11 is 12.0. The number of imide groups is 1. The van der Waals surface area contributed by atoms with E-state index in [0.29, 0.717) is 10.7 Å². The minimum Gasteiger partial charge on any atom is -0.452 e. The number of rotatable bonds is 5. The second kappa shape index (κ2) is 9.05. The van der Waals surface area contributed by atoms with Gasteiger partial charge in [-0.25, -0.2) is 9.69 Å². The molecule has 1 heterocycles. The first-order valence-electron chi connectivity index (χ1n) is 9.77. The number of hydrogen-bond acceptors (Lipinski definition) is 5. The first kappa shape index (κ1) is 22.5. The summed E-state index contributed by atoms with van der Waals surface area (Å²) in [5, 5.41) is 3.42. The molecule has 3 aromatic carbocycles. The maximum Gasteiger partial charge on any atom is 0.338 e. The van der Waals surface area contributed by atoms with Gasteiger partial charge >= 0.3 is 5.97 Å². The van der Waals surface area contributed by atoms with Crippen LogP contribution in [0.4, 0.5) is 11.4 Å². The highest BCUT2D eigenvalue weighted by molar-refractivity contribution is 6.39. The van der Waals surface area contributed by atoms with Crippen molar-refractivity contribution in [2.45, 2.75) is 6.92 Å². The van der Waals surface area contributed by atoms with Gasteiger partial charge in [0, 0.05) is 10.7 Å². The number of halogens is 2. The molecule has 0 bridgehead atoms. The lowest BCUT2D eigenvalue weighted by atomic mass is 10.1. The number of aryl methyl sites for hydroxylation is 1. The van der Waals surface area contributed by atoms with E-state index in [4.69, 9.17) is 27.9 Å². The molecule has 0 atom stereocenters. The van der Waals surface area contributed by atoms with E-state index < -0.39 is 30.3 Å². The third-order valence-electron chi connectivity index (χ3n) is 5.01. The van der Waals surface area contributed by atoms with Crippen LogP contribution in [-0.2, 0) is 9.53 Å². The summed E-state index contributed by atoms with van der Waals surface area (Å²) in [6, 6.07) is 15.4. The Morgan fingerprint density at radius 2 is 1.67 bits per heavy atom. The number of para-hydroxylation sites is 1. The number of carbonyl (C=O) groups is 4. The number of hydrogen-bond donors (Lipinski definition) is 1. The van der Waals surface area contributed by atoms with Gasteiger partial charge in [0.1, 0.15) is 0 Å². The molecule has 9 heteroatoms. The second-order valence-corrected chi connectivity index (χ2v) is 8.08. The highest BCUT2D eigenvalue weighted by Gasteiger charge is 2.38. The molecule has 0 spiro atoms. The van der Waals surface area contributed by atoms with E-state index in [1.54, 1.807) is 49.4 Å². The molecule has 0 saturated carbocycles. The zero-order valence-corrected chi connectivity index (χ0v) is 18.7. The maximum absolute atomic E-state index is 12.9. The minimum absolute atomic E-state index is 0.0337. The molecule has 3 amide bonds. The molecule has 4 rings (SSSR count). The number of esters is 1. The van der Waals surface area contributed by atoms with Crippen molar-refractivity contribution < 1.29 is 23.9 Å². The van der Waals surface area contributed by atoms with Crippen LogP contribution in [0, 0.1) is 6.92 Å². The summed E-state index contributed by atoms with van der Waals surface area (Å²) in [5.74, 6) is -2.49. The highest BCUT2D eigenvalue weighted by atomic mass is 35.5. The lowest BCUT2D eigenvalue weighted by molar-refractivity contribution is -0.119. The first-order valence-corrected chi connectivity index (χ1v) is 10.5. The summed E-state index contributed by atoms with van der Waals surface area (Å²) in [4.78, 5) is 51.2. The summed E-state index contributed by atoms with van der Waals surface area (Å²) in [7, 11) is 0. The third kappa shape index (κ3) is 4.46. The predicted molar refractivity (Wildman–Crippen MR) is 124 cm³/mol. The molecular weight excluding hydrogens is 467 g/mol. The molecule has 0 aromatic heterocycles. The van der Waals surface area contributed by atoms with Crippen LogP contribution in [0.25, 0.3) is 0 Å². The monoisotopic (exact) mass is 482 g/mol. The number of nitrogens with zero attached hydrogens (tertiary/aromatic N) is 1. The van der Waals surface area contributed by atoms with Gasteiger partial charge in [0.15, 0.2) is 6.61 Å². The number of carbonyl (C=O) groups excluding carboxylic acids is 4. The van der Waals surface area contributed by atoms with E-state index in [-0.39, 0.29) is 27.4 Å². The molecule has 0 fully saturated rings. The molecule has 33 heavy (non-hydrogen) atoms. The van der Waals surface area contributed by atoms with Crippen molar-refractivity contribution in [3.63, 3.8) is 0 Å². The maximum atomic E-state index is 12.9. The van der Waals surface area contributed by atoms with Crippen molar-refractivity contribution in [3.05, 3.63) is 93.0 Å². The Morgan fingerprint density at radius 3 is 2.39 bits per heavy atom. The second-order valence-electron chi connectivity index (χ2n) is 7.24. The van der Waals surface area contributed by atoms with Crippen LogP contribution in [0.5, 0.6) is 0 Å². The Bertz CT molecular complexity index is 1320. The lowest BCUT2D eigenvalue weighted by Crippen LogP contribution is -2.29. The molecule has 0 radical (unpaired) electrons. The molecule has 166 valence electrons. The molecule has 7 nitrogen and oxygen atoms in total. The van der Waals surface area contributed by atoms with Gasteiger partial charge in [0.25, 0.3) is 17.7 Å². The molecule has 0 unspecified atom stereocenters. The van der Waals surface area contributed by atoms with E-state index in [1.165, 1.54) is 18.2 Å². The fourth-order valence-corrected chi connectivity index (χ4v) is 3.83. The lowest BCUT2D eigenvalue weighted by Gasteiger charge is -2.15. The SMILES string of the molecule is Cc1cc(Cl)ccc1NC(=O)COC(=O)c1ccc2c(c1)C(=O)N(c1ccccc1Cl)C2=O. The van der Waals surface area contributed by atoms with Crippen LogP contribution in [0.1, 0.15) is 36.6 Å². The van der Waals surface area contributed by atoms with Crippen molar-refractivity contribution in [1.29, 1.82) is 0 Å². The smallest absolute Gasteiger partial charge is 0.338 e. The molecular formula is C24H16Cl2N2O5. The van der Waals surface area contributed by atoms with Crippen molar-refractivity contribution in [2.24, 2.45) is 0 Å². The minimum atomic E-state index is -0.808. The van der Waals surface area contributed by atoms with Gasteiger partial charge in [-0.05, 0) is 61.0 Å². The normalized spacial score (nSPS) is 12.5. The fourth-order valence-electron chi connectivity index (χ4n) is 3.39. The van der Waals surface area contributed by atoms with Gasteiger partial charge in [-0.2, -0.15) is 0 Å². The van der Waals surface area contributed by atoms with Crippen LogP contribution in [0.2, 0.25) is 10.0 Å². The molecule has 0 aliphatic carbocycles. The molecule has 3 aromatic rings. The first-order chi connectivity index (χ1) is 15.8. The summed E-state index contributed by atoms with van der Waals surface area (Å²) in [6.45, 7) is 1.25. The summed E-state index contributed by atoms with van der Waals surface area (Å²) in [6.07, 6.45) is 0. The molecule has 0 saturated heterocycles. The largest absolute Gasteiger partial charge is 0.452 e. The van der Waals surface area contributed by atoms with Crippen LogP contribution in [-0.4, -0.2) is 30.3 Å². The number of fused-ring (bicyclic) bond motifs is 1. The van der Waals surface area contributed by atoms with Crippen LogP contribution < -0.4 is 10.2 Å². The predicted octanol–water partition coefficient (Wildman–Crippen LogP) is 4.90. The van der Waals surface area contributed by atoms with Gasteiger partial charge in [-0.3, -0.25) is 14.4 Å². The molecule has 1 N–H and O–H groups in total. The van der Waals surface area contributed by atoms with Gasteiger partial charge < -0.3 is 10.1 Å². The Labute approximate surface area is 198 Å². The van der Waals surface area contributed by atoms with Crippen LogP contribution in [0.3, 0.4) is 0 Å². The zero-order valence-electron chi connectivity index (χ0n) is 17.2. The van der Waals surface area contributed by atoms with Gasteiger partial charge in [0.05, 0.1) is 27.4 Å². The van der Waals surface area contributed by atoms with E-state index in [0.717, 1.165) is 10.5 Å². The van der Waals surface area contributed by atoms with E-state index in [1.807, 2.05) is 0 Å². The fraction of sp³-hybridized carbons (Fsp3) is 0.0833. The zero-order chi connectivity index (χ0) is 23.7. The quantitative estimate of drug-likeness (QED) is 0.412. The number of benzene rings is 3. The van der Waals surface area contributed by atoms with Crippen molar-refractivity contribution in [2.75, 3.05) is 16.8 Å². The van der Waals surface area contributed by atoms with Crippen molar-refractivity contribution in [3.8, 4) is 0 Å². The number of amides is 3. The van der Waals surface area contributed by atoms with Crippen LogP contribution in [0.15, 0.2) is 60.7 Å². The number of nitrogens with one attached hydrogen (secondary N) is 1. The van der Waals surface area contributed by atoms with Gasteiger partial charge in [-0.15, -0.1) is 0 Å².